The molecule has 0 aromatic heterocycles. The maximum Gasteiger partial charge on any atom is 0.327 e. The highest BCUT2D eigenvalue weighted by Gasteiger charge is 2.36. The number of hydrogen-bond acceptors (Lipinski definition) is 4. The molecule has 0 saturated heterocycles. The van der Waals surface area contributed by atoms with Crippen molar-refractivity contribution in [2.24, 2.45) is 5.92 Å². The lowest BCUT2D eigenvalue weighted by Crippen LogP contribution is -2.29. The minimum absolute atomic E-state index is 0.0817. The van der Waals surface area contributed by atoms with Gasteiger partial charge < -0.3 is 9.13 Å². The number of rotatable bonds is 11. The average molecular weight is 520 g/mol. The molecule has 4 rings (SSSR count). The summed E-state index contributed by atoms with van der Waals surface area (Å²) in [6, 6.07) is 37.7. The van der Waals surface area contributed by atoms with Crippen LogP contribution in [0.15, 0.2) is 121 Å². The summed E-state index contributed by atoms with van der Waals surface area (Å²) >= 11 is 0. The molecule has 4 aromatic carbocycles. The van der Waals surface area contributed by atoms with Gasteiger partial charge in [0.05, 0.1) is 6.61 Å². The molecule has 4 nitrogen and oxygen atoms in total. The maximum absolute atomic E-state index is 14.7. The van der Waals surface area contributed by atoms with E-state index in [0.717, 1.165) is 21.2 Å². The Morgan fingerprint density at radius 1 is 0.543 bits per heavy atom. The number of hydrogen-bond donors (Lipinski definition) is 0. The van der Waals surface area contributed by atoms with Crippen LogP contribution in [0.3, 0.4) is 0 Å². The molecule has 0 aliphatic heterocycles. The van der Waals surface area contributed by atoms with Crippen molar-refractivity contribution in [3.05, 3.63) is 121 Å². The van der Waals surface area contributed by atoms with Gasteiger partial charge in [0.15, 0.2) is 0 Å². The molecule has 0 aliphatic rings. The molecule has 0 spiro atoms. The molecule has 0 fully saturated rings. The first-order valence-corrected chi connectivity index (χ1v) is 15.9. The van der Waals surface area contributed by atoms with Crippen molar-refractivity contribution in [1.29, 1.82) is 0 Å². The molecular weight excluding hydrogens is 493 g/mol. The highest BCUT2D eigenvalue weighted by molar-refractivity contribution is 7.79. The van der Waals surface area contributed by atoms with E-state index < -0.39 is 23.0 Å². The van der Waals surface area contributed by atoms with Crippen LogP contribution in [-0.4, -0.2) is 18.9 Å². The van der Waals surface area contributed by atoms with Gasteiger partial charge >= 0.3 is 8.69 Å². The minimum atomic E-state index is -3.10. The molecule has 7 heteroatoms. The second-order valence-electron chi connectivity index (χ2n) is 8.42. The Balaban J connectivity index is 1.78. The molecule has 0 N–H and O–H groups in total. The van der Waals surface area contributed by atoms with Gasteiger partial charge in [-0.3, -0.25) is 4.52 Å². The summed E-state index contributed by atoms with van der Waals surface area (Å²) in [6.07, 6.45) is 0.500. The minimum Gasteiger partial charge on any atom is -0.314 e. The van der Waals surface area contributed by atoms with Crippen molar-refractivity contribution in [2.75, 3.05) is 18.9 Å². The first-order valence-electron chi connectivity index (χ1n) is 11.4. The van der Waals surface area contributed by atoms with Crippen LogP contribution in [0.2, 0.25) is 0 Å². The summed E-state index contributed by atoms with van der Waals surface area (Å²) in [5.41, 5.74) is 0. The Bertz CT molecular complexity index is 1130. The summed E-state index contributed by atoms with van der Waals surface area (Å²) in [7, 11) is -6.64. The van der Waals surface area contributed by atoms with Gasteiger partial charge in [0.2, 0.25) is 0 Å². The lowest BCUT2D eigenvalue weighted by molar-refractivity contribution is 0.295. The van der Waals surface area contributed by atoms with Crippen molar-refractivity contribution >= 4 is 44.2 Å². The molecule has 0 heterocycles. The third-order valence-electron chi connectivity index (χ3n) is 6.09. The fourth-order valence-corrected chi connectivity index (χ4v) is 10.9. The van der Waals surface area contributed by atoms with E-state index in [1.165, 1.54) is 0 Å². The van der Waals surface area contributed by atoms with Crippen molar-refractivity contribution in [3.8, 4) is 0 Å². The largest absolute Gasteiger partial charge is 0.327 e. The second-order valence-corrected chi connectivity index (χ2v) is 14.6. The van der Waals surface area contributed by atoms with Crippen LogP contribution >= 0.6 is 23.0 Å². The standard InChI is InChI=1S/C28H27O4P3/c29-33-32-21-24(22-34(30,25-13-5-1-6-14-25)26-15-7-2-8-16-26)23-35(31,27-17-9-3-10-18-27)28-19-11-4-12-20-28/h1-20,24H,21-23H2. The Kier molecular flexibility index (Phi) is 8.66. The van der Waals surface area contributed by atoms with E-state index in [0.29, 0.717) is 0 Å². The Labute approximate surface area is 208 Å². The van der Waals surface area contributed by atoms with Crippen molar-refractivity contribution in [1.82, 2.24) is 0 Å². The Hall–Kier alpha value is -2.60. The van der Waals surface area contributed by atoms with Crippen LogP contribution in [-0.2, 0) is 18.2 Å². The molecular formula is C28H27O4P3. The van der Waals surface area contributed by atoms with Gasteiger partial charge in [0, 0.05) is 33.5 Å². The Morgan fingerprint density at radius 3 is 1.09 bits per heavy atom. The third-order valence-corrected chi connectivity index (χ3v) is 12.9. The molecule has 35 heavy (non-hydrogen) atoms. The molecule has 0 amide bonds. The summed E-state index contributed by atoms with van der Waals surface area (Å²) in [5.74, 6) is -0.367. The van der Waals surface area contributed by atoms with Gasteiger partial charge in [-0.25, -0.2) is 4.57 Å². The topological polar surface area (TPSA) is 60.4 Å². The zero-order valence-electron chi connectivity index (χ0n) is 19.2. The maximum atomic E-state index is 14.7. The van der Waals surface area contributed by atoms with Gasteiger partial charge in [-0.2, -0.15) is 0 Å². The van der Waals surface area contributed by atoms with Gasteiger partial charge in [-0.15, -0.1) is 0 Å². The highest BCUT2D eigenvalue weighted by Crippen LogP contribution is 2.50. The summed E-state index contributed by atoms with van der Waals surface area (Å²) in [4.78, 5) is 0. The molecule has 178 valence electrons. The predicted octanol–water partition coefficient (Wildman–Crippen LogP) is 5.85. The first-order chi connectivity index (χ1) is 17.1. The highest BCUT2D eigenvalue weighted by atomic mass is 31.2. The van der Waals surface area contributed by atoms with Crippen molar-refractivity contribution < 1.29 is 18.2 Å². The zero-order chi connectivity index (χ0) is 24.6. The van der Waals surface area contributed by atoms with Gasteiger partial charge in [-0.05, 0) is 5.92 Å². The van der Waals surface area contributed by atoms with E-state index in [-0.39, 0.29) is 24.8 Å². The summed E-state index contributed by atoms with van der Waals surface area (Å²) in [6.45, 7) is 0.0817. The van der Waals surface area contributed by atoms with E-state index in [9.17, 15) is 13.7 Å². The van der Waals surface area contributed by atoms with Crippen LogP contribution in [0.4, 0.5) is 0 Å². The molecule has 0 unspecified atom stereocenters. The fourth-order valence-electron chi connectivity index (χ4n) is 4.42. The van der Waals surface area contributed by atoms with Gasteiger partial charge in [0.25, 0.3) is 0 Å². The lowest BCUT2D eigenvalue weighted by Gasteiger charge is -2.28. The molecule has 0 bridgehead atoms. The van der Waals surface area contributed by atoms with E-state index in [2.05, 4.69) is 0 Å². The monoisotopic (exact) mass is 520 g/mol. The van der Waals surface area contributed by atoms with Crippen LogP contribution in [0.25, 0.3) is 0 Å². The quantitative estimate of drug-likeness (QED) is 0.233. The Morgan fingerprint density at radius 2 is 0.829 bits per heavy atom. The molecule has 0 atom stereocenters. The van der Waals surface area contributed by atoms with E-state index in [4.69, 9.17) is 4.52 Å². The van der Waals surface area contributed by atoms with Crippen molar-refractivity contribution in [2.45, 2.75) is 0 Å². The summed E-state index contributed by atoms with van der Waals surface area (Å²) < 4.78 is 46.0. The van der Waals surface area contributed by atoms with Gasteiger partial charge in [0.1, 0.15) is 14.3 Å². The molecule has 4 aromatic rings. The van der Waals surface area contributed by atoms with Crippen LogP contribution in [0, 0.1) is 5.92 Å². The molecule has 0 radical (unpaired) electrons. The normalized spacial score (nSPS) is 12.1. The van der Waals surface area contributed by atoms with E-state index >= 15 is 0 Å². The predicted molar refractivity (Wildman–Crippen MR) is 146 cm³/mol. The van der Waals surface area contributed by atoms with Crippen LogP contribution in [0.5, 0.6) is 0 Å². The van der Waals surface area contributed by atoms with E-state index in [1.54, 1.807) is 0 Å². The lowest BCUT2D eigenvalue weighted by atomic mass is 10.2. The van der Waals surface area contributed by atoms with Crippen LogP contribution in [0.1, 0.15) is 0 Å². The third kappa shape index (κ3) is 5.97. The van der Waals surface area contributed by atoms with Crippen molar-refractivity contribution in [3.63, 3.8) is 0 Å². The smallest absolute Gasteiger partial charge is 0.314 e. The van der Waals surface area contributed by atoms with E-state index in [1.807, 2.05) is 121 Å². The molecule has 0 saturated carbocycles. The zero-order valence-corrected chi connectivity index (χ0v) is 21.9. The van der Waals surface area contributed by atoms with Crippen LogP contribution < -0.4 is 21.2 Å². The molecule has 0 aliphatic carbocycles. The SMILES string of the molecule is O=POCC(CP(=O)(c1ccccc1)c1ccccc1)CP(=O)(c1ccccc1)c1ccccc1. The van der Waals surface area contributed by atoms with Gasteiger partial charge in [-0.1, -0.05) is 121 Å². The number of benzene rings is 4. The second kappa shape index (κ2) is 11.9. The fraction of sp³-hybridized carbons (Fsp3) is 0.143. The average Bonchev–Trinajstić information content (AvgIpc) is 2.93. The summed E-state index contributed by atoms with van der Waals surface area (Å²) in [5, 5.41) is 2.96. The first kappa shape index (κ1) is 25.5.